The molecule has 1 aliphatic carbocycles. The highest BCUT2D eigenvalue weighted by molar-refractivity contribution is 5.84. The molecule has 24 heavy (non-hydrogen) atoms. The Morgan fingerprint density at radius 3 is 2.83 bits per heavy atom. The number of amides is 1. The first-order valence-corrected chi connectivity index (χ1v) is 8.34. The van der Waals surface area contributed by atoms with Gasteiger partial charge in [-0.1, -0.05) is 24.6 Å². The largest absolute Gasteiger partial charge is 0.439 e. The summed E-state index contributed by atoms with van der Waals surface area (Å²) in [7, 11) is 0. The summed E-state index contributed by atoms with van der Waals surface area (Å²) in [6.07, 6.45) is 5.03. The number of benzene rings is 1. The second-order valence-corrected chi connectivity index (χ2v) is 6.46. The number of carbonyl (C=O) groups excluding carboxylic acids is 1. The lowest BCUT2D eigenvalue weighted by Gasteiger charge is -2.25. The highest BCUT2D eigenvalue weighted by Gasteiger charge is 2.47. The third kappa shape index (κ3) is 2.68. The number of para-hydroxylation sites is 1. The standard InChI is InChI=1S/C18H20N4O2/c19-17(23)16-14-8-4-5-12(14)11-22(16)18-20-10-9-15(21-18)24-13-6-2-1-3-7-13/h1-3,6-7,9-10,12,14,16H,4-5,8,11H2,(H2,19,23). The van der Waals surface area contributed by atoms with E-state index in [2.05, 4.69) is 9.97 Å². The van der Waals surface area contributed by atoms with Crippen molar-refractivity contribution in [2.45, 2.75) is 25.3 Å². The van der Waals surface area contributed by atoms with Crippen molar-refractivity contribution in [1.82, 2.24) is 9.97 Å². The molecule has 1 aromatic carbocycles. The van der Waals surface area contributed by atoms with Crippen molar-refractivity contribution in [2.75, 3.05) is 11.4 Å². The molecule has 2 fully saturated rings. The van der Waals surface area contributed by atoms with Gasteiger partial charge in [0.2, 0.25) is 17.7 Å². The van der Waals surface area contributed by atoms with Crippen molar-refractivity contribution in [3.05, 3.63) is 42.6 Å². The predicted octanol–water partition coefficient (Wildman–Crippen LogP) is 2.36. The maximum Gasteiger partial charge on any atom is 0.240 e. The fourth-order valence-corrected chi connectivity index (χ4v) is 4.01. The fourth-order valence-electron chi connectivity index (χ4n) is 4.01. The van der Waals surface area contributed by atoms with Crippen molar-refractivity contribution in [3.8, 4) is 11.6 Å². The molecule has 3 atom stereocenters. The summed E-state index contributed by atoms with van der Waals surface area (Å²) >= 11 is 0. The molecule has 1 saturated heterocycles. The van der Waals surface area contributed by atoms with Gasteiger partial charge in [0, 0.05) is 18.8 Å². The summed E-state index contributed by atoms with van der Waals surface area (Å²) in [6.45, 7) is 0.785. The van der Waals surface area contributed by atoms with Crippen LogP contribution in [0.4, 0.5) is 5.95 Å². The minimum atomic E-state index is -0.315. The quantitative estimate of drug-likeness (QED) is 0.933. The van der Waals surface area contributed by atoms with E-state index < -0.39 is 0 Å². The summed E-state index contributed by atoms with van der Waals surface area (Å²) in [5, 5.41) is 0. The summed E-state index contributed by atoms with van der Waals surface area (Å²) < 4.78 is 5.77. The molecule has 0 spiro atoms. The number of fused-ring (bicyclic) bond motifs is 1. The lowest BCUT2D eigenvalue weighted by Crippen LogP contribution is -2.44. The monoisotopic (exact) mass is 324 g/mol. The summed E-state index contributed by atoms with van der Waals surface area (Å²) in [4.78, 5) is 22.8. The molecule has 6 nitrogen and oxygen atoms in total. The second-order valence-electron chi connectivity index (χ2n) is 6.46. The minimum absolute atomic E-state index is 0.289. The number of rotatable bonds is 4. The van der Waals surface area contributed by atoms with E-state index in [9.17, 15) is 4.79 Å². The zero-order chi connectivity index (χ0) is 16.5. The minimum Gasteiger partial charge on any atom is -0.439 e. The van der Waals surface area contributed by atoms with E-state index in [4.69, 9.17) is 10.5 Å². The molecule has 0 radical (unpaired) electrons. The first kappa shape index (κ1) is 14.9. The number of aromatic nitrogens is 2. The summed E-state index contributed by atoms with van der Waals surface area (Å²) in [5.41, 5.74) is 5.68. The second kappa shape index (κ2) is 6.11. The normalized spacial score (nSPS) is 25.5. The van der Waals surface area contributed by atoms with Crippen LogP contribution in [0.2, 0.25) is 0 Å². The predicted molar refractivity (Wildman–Crippen MR) is 89.7 cm³/mol. The van der Waals surface area contributed by atoms with Crippen LogP contribution in [-0.4, -0.2) is 28.5 Å². The maximum atomic E-state index is 12.0. The van der Waals surface area contributed by atoms with Crippen molar-refractivity contribution in [3.63, 3.8) is 0 Å². The number of primary amides is 1. The van der Waals surface area contributed by atoms with Crippen LogP contribution in [0, 0.1) is 11.8 Å². The third-order valence-corrected chi connectivity index (χ3v) is 5.02. The first-order chi connectivity index (χ1) is 11.7. The first-order valence-electron chi connectivity index (χ1n) is 8.34. The zero-order valence-corrected chi connectivity index (χ0v) is 13.3. The number of hydrogen-bond acceptors (Lipinski definition) is 5. The van der Waals surface area contributed by atoms with Gasteiger partial charge in [0.25, 0.3) is 0 Å². The zero-order valence-electron chi connectivity index (χ0n) is 13.3. The number of nitrogens with two attached hydrogens (primary N) is 1. The van der Waals surface area contributed by atoms with Gasteiger partial charge in [-0.25, -0.2) is 4.98 Å². The van der Waals surface area contributed by atoms with Gasteiger partial charge in [-0.3, -0.25) is 4.79 Å². The van der Waals surface area contributed by atoms with Crippen LogP contribution in [0.25, 0.3) is 0 Å². The lowest BCUT2D eigenvalue weighted by molar-refractivity contribution is -0.120. The van der Waals surface area contributed by atoms with E-state index in [0.29, 0.717) is 29.4 Å². The number of nitrogens with zero attached hydrogens (tertiary/aromatic N) is 3. The molecule has 0 bridgehead atoms. The van der Waals surface area contributed by atoms with Crippen LogP contribution in [0.5, 0.6) is 11.6 Å². The van der Waals surface area contributed by atoms with E-state index in [1.165, 1.54) is 6.42 Å². The maximum absolute atomic E-state index is 12.0. The molecule has 1 amide bonds. The lowest BCUT2D eigenvalue weighted by atomic mass is 9.94. The van der Waals surface area contributed by atoms with E-state index in [-0.39, 0.29) is 11.9 Å². The van der Waals surface area contributed by atoms with Crippen LogP contribution in [0.15, 0.2) is 42.6 Å². The highest BCUT2D eigenvalue weighted by Crippen LogP contribution is 2.43. The number of anilines is 1. The Hall–Kier alpha value is -2.63. The van der Waals surface area contributed by atoms with Crippen molar-refractivity contribution in [2.24, 2.45) is 17.6 Å². The van der Waals surface area contributed by atoms with Crippen molar-refractivity contribution in [1.29, 1.82) is 0 Å². The smallest absolute Gasteiger partial charge is 0.240 e. The molecule has 1 aromatic heterocycles. The van der Waals surface area contributed by atoms with E-state index in [0.717, 1.165) is 19.4 Å². The van der Waals surface area contributed by atoms with Crippen molar-refractivity contribution >= 4 is 11.9 Å². The van der Waals surface area contributed by atoms with E-state index in [1.54, 1.807) is 12.3 Å². The fraction of sp³-hybridized carbons (Fsp3) is 0.389. The molecule has 4 rings (SSSR count). The van der Waals surface area contributed by atoms with Crippen LogP contribution < -0.4 is 15.4 Å². The number of ether oxygens (including phenoxy) is 1. The topological polar surface area (TPSA) is 81.3 Å². The molecule has 2 N–H and O–H groups in total. The number of carbonyl (C=O) groups is 1. The molecule has 124 valence electrons. The third-order valence-electron chi connectivity index (χ3n) is 5.02. The van der Waals surface area contributed by atoms with Gasteiger partial charge in [0.05, 0.1) is 0 Å². The SMILES string of the molecule is NC(=O)C1C2CCCC2CN1c1nccc(Oc2ccccc2)n1. The Morgan fingerprint density at radius 2 is 2.04 bits per heavy atom. The van der Waals surface area contributed by atoms with Crippen molar-refractivity contribution < 1.29 is 9.53 Å². The molecular weight excluding hydrogens is 304 g/mol. The molecular formula is C18H20N4O2. The van der Waals surface area contributed by atoms with Gasteiger partial charge in [-0.15, -0.1) is 0 Å². The van der Waals surface area contributed by atoms with Crippen LogP contribution in [0.1, 0.15) is 19.3 Å². The highest BCUT2D eigenvalue weighted by atomic mass is 16.5. The van der Waals surface area contributed by atoms with Gasteiger partial charge in [-0.2, -0.15) is 4.98 Å². The summed E-state index contributed by atoms with van der Waals surface area (Å²) in [5.74, 6) is 2.23. The molecule has 1 saturated carbocycles. The average Bonchev–Trinajstić information content (AvgIpc) is 3.16. The van der Waals surface area contributed by atoms with Gasteiger partial charge in [-0.05, 0) is 36.8 Å². The molecule has 2 heterocycles. The molecule has 2 aliphatic rings. The van der Waals surface area contributed by atoms with Gasteiger partial charge in [0.1, 0.15) is 11.8 Å². The van der Waals surface area contributed by atoms with E-state index >= 15 is 0 Å². The molecule has 3 unspecified atom stereocenters. The van der Waals surface area contributed by atoms with Crippen LogP contribution >= 0.6 is 0 Å². The van der Waals surface area contributed by atoms with Crippen LogP contribution in [-0.2, 0) is 4.79 Å². The Balaban J connectivity index is 1.60. The Morgan fingerprint density at radius 1 is 1.21 bits per heavy atom. The molecule has 6 heteroatoms. The van der Waals surface area contributed by atoms with E-state index in [1.807, 2.05) is 35.2 Å². The van der Waals surface area contributed by atoms with Gasteiger partial charge < -0.3 is 15.4 Å². The Kier molecular flexibility index (Phi) is 3.80. The Bertz CT molecular complexity index is 737. The average molecular weight is 324 g/mol. The Labute approximate surface area is 140 Å². The number of hydrogen-bond donors (Lipinski definition) is 1. The molecule has 2 aromatic rings. The van der Waals surface area contributed by atoms with Crippen LogP contribution in [0.3, 0.4) is 0 Å². The van der Waals surface area contributed by atoms with Gasteiger partial charge >= 0.3 is 0 Å². The van der Waals surface area contributed by atoms with Gasteiger partial charge in [0.15, 0.2) is 0 Å². The summed E-state index contributed by atoms with van der Waals surface area (Å²) in [6, 6.07) is 10.9. The molecule has 1 aliphatic heterocycles.